The van der Waals surface area contributed by atoms with Crippen molar-refractivity contribution >= 4 is 34.9 Å². The summed E-state index contributed by atoms with van der Waals surface area (Å²) in [6.07, 6.45) is 2.73. The van der Waals surface area contributed by atoms with Crippen molar-refractivity contribution in [2.24, 2.45) is 9.98 Å². The van der Waals surface area contributed by atoms with E-state index in [9.17, 15) is 9.59 Å². The molecule has 0 bridgehead atoms. The molecule has 2 aromatic carbocycles. The molecule has 0 aliphatic carbocycles. The number of nitrogens with zero attached hydrogens (tertiary/aromatic N) is 2. The highest BCUT2D eigenvalue weighted by Gasteiger charge is 2.13. The van der Waals surface area contributed by atoms with Crippen molar-refractivity contribution in [3.8, 4) is 11.5 Å². The Bertz CT molecular complexity index is 759. The van der Waals surface area contributed by atoms with Crippen molar-refractivity contribution in [2.45, 2.75) is 0 Å². The van der Waals surface area contributed by atoms with Gasteiger partial charge in [0.05, 0.1) is 5.69 Å². The standard InChI is InChI=1S/C14H10N4O3/c15-9-1-3-10(4-2-9)21-12-6-5-11(16)13(17-7-19)14(12)18-8-20/h1-6H,15-16H2. The van der Waals surface area contributed by atoms with E-state index in [-0.39, 0.29) is 22.8 Å². The highest BCUT2D eigenvalue weighted by Crippen LogP contribution is 2.43. The van der Waals surface area contributed by atoms with Crippen molar-refractivity contribution in [3.63, 3.8) is 0 Å². The lowest BCUT2D eigenvalue weighted by Gasteiger charge is -2.10. The molecule has 0 amide bonds. The molecule has 0 saturated carbocycles. The molecule has 21 heavy (non-hydrogen) atoms. The molecule has 0 heterocycles. The van der Waals surface area contributed by atoms with Crippen LogP contribution < -0.4 is 16.2 Å². The first kappa shape index (κ1) is 14.0. The van der Waals surface area contributed by atoms with Crippen LogP contribution in [0.4, 0.5) is 22.7 Å². The van der Waals surface area contributed by atoms with E-state index in [4.69, 9.17) is 16.2 Å². The van der Waals surface area contributed by atoms with Gasteiger partial charge in [-0.1, -0.05) is 0 Å². The summed E-state index contributed by atoms with van der Waals surface area (Å²) in [6, 6.07) is 9.57. The van der Waals surface area contributed by atoms with Crippen LogP contribution in [0.2, 0.25) is 0 Å². The Morgan fingerprint density at radius 3 is 2.10 bits per heavy atom. The number of benzene rings is 2. The van der Waals surface area contributed by atoms with E-state index in [1.165, 1.54) is 24.3 Å². The molecule has 0 aromatic heterocycles. The minimum atomic E-state index is 0.00120. The van der Waals surface area contributed by atoms with Gasteiger partial charge < -0.3 is 16.2 Å². The fourth-order valence-electron chi connectivity index (χ4n) is 1.64. The molecule has 104 valence electrons. The van der Waals surface area contributed by atoms with Crippen molar-refractivity contribution in [1.82, 2.24) is 0 Å². The van der Waals surface area contributed by atoms with Crippen LogP contribution in [0.3, 0.4) is 0 Å². The van der Waals surface area contributed by atoms with Gasteiger partial charge in [-0.05, 0) is 36.4 Å². The molecule has 7 heteroatoms. The first-order valence-corrected chi connectivity index (χ1v) is 5.77. The van der Waals surface area contributed by atoms with E-state index in [1.54, 1.807) is 24.3 Å². The number of aliphatic imine (C=N–C) groups is 2. The maximum atomic E-state index is 10.5. The minimum Gasteiger partial charge on any atom is -0.455 e. The number of nitrogens with two attached hydrogens (primary N) is 2. The molecule has 4 N–H and O–H groups in total. The number of hydrogen-bond donors (Lipinski definition) is 2. The smallest absolute Gasteiger partial charge is 0.240 e. The number of hydrogen-bond acceptors (Lipinski definition) is 7. The van der Waals surface area contributed by atoms with Crippen LogP contribution in [-0.2, 0) is 9.59 Å². The van der Waals surface area contributed by atoms with Crippen LogP contribution in [0.1, 0.15) is 0 Å². The largest absolute Gasteiger partial charge is 0.455 e. The molecule has 7 nitrogen and oxygen atoms in total. The summed E-state index contributed by atoms with van der Waals surface area (Å²) in [5.74, 6) is 0.670. The van der Waals surface area contributed by atoms with Crippen LogP contribution >= 0.6 is 0 Å². The predicted octanol–water partition coefficient (Wildman–Crippen LogP) is 2.58. The van der Waals surface area contributed by atoms with Crippen LogP contribution in [-0.4, -0.2) is 12.2 Å². The molecular weight excluding hydrogens is 272 g/mol. The lowest BCUT2D eigenvalue weighted by Crippen LogP contribution is -1.90. The third-order valence-electron chi connectivity index (χ3n) is 2.57. The maximum absolute atomic E-state index is 10.5. The minimum absolute atomic E-state index is 0.00120. The lowest BCUT2D eigenvalue weighted by molar-refractivity contribution is 0.484. The second kappa shape index (κ2) is 6.16. The van der Waals surface area contributed by atoms with E-state index in [0.717, 1.165) is 0 Å². The number of isocyanates is 2. The Labute approximate surface area is 119 Å². The Morgan fingerprint density at radius 1 is 0.857 bits per heavy atom. The van der Waals surface area contributed by atoms with Crippen LogP contribution in [0.25, 0.3) is 0 Å². The molecule has 2 aromatic rings. The first-order valence-electron chi connectivity index (χ1n) is 5.77. The maximum Gasteiger partial charge on any atom is 0.240 e. The quantitative estimate of drug-likeness (QED) is 0.507. The average Bonchev–Trinajstić information content (AvgIpc) is 2.48. The zero-order valence-corrected chi connectivity index (χ0v) is 10.7. The molecule has 0 fully saturated rings. The number of ether oxygens (including phenoxy) is 1. The molecule has 0 aliphatic rings. The summed E-state index contributed by atoms with van der Waals surface area (Å²) < 4.78 is 5.59. The highest BCUT2D eigenvalue weighted by molar-refractivity contribution is 5.84. The zero-order chi connectivity index (χ0) is 15.2. The summed E-state index contributed by atoms with van der Waals surface area (Å²) in [5, 5.41) is 0. The van der Waals surface area contributed by atoms with Crippen molar-refractivity contribution in [2.75, 3.05) is 11.5 Å². The number of nitrogen functional groups attached to an aromatic ring is 2. The average molecular weight is 282 g/mol. The number of carbonyl (C=O) groups excluding carboxylic acids is 2. The molecule has 0 atom stereocenters. The summed E-state index contributed by atoms with van der Waals surface area (Å²) in [7, 11) is 0. The van der Waals surface area contributed by atoms with E-state index in [1.807, 2.05) is 0 Å². The molecule has 2 rings (SSSR count). The highest BCUT2D eigenvalue weighted by atomic mass is 16.5. The van der Waals surface area contributed by atoms with Gasteiger partial charge in [-0.3, -0.25) is 0 Å². The molecule has 0 radical (unpaired) electrons. The van der Waals surface area contributed by atoms with Gasteiger partial charge in [-0.2, -0.15) is 9.98 Å². The van der Waals surface area contributed by atoms with Crippen molar-refractivity contribution in [1.29, 1.82) is 0 Å². The monoisotopic (exact) mass is 282 g/mol. The summed E-state index contributed by atoms with van der Waals surface area (Å²) in [6.45, 7) is 0. The second-order valence-corrected chi connectivity index (χ2v) is 3.93. The molecule has 0 spiro atoms. The van der Waals surface area contributed by atoms with Crippen molar-refractivity contribution in [3.05, 3.63) is 36.4 Å². The topological polar surface area (TPSA) is 120 Å². The van der Waals surface area contributed by atoms with Gasteiger partial charge in [0.2, 0.25) is 12.2 Å². The predicted molar refractivity (Wildman–Crippen MR) is 77.3 cm³/mol. The van der Waals surface area contributed by atoms with Gasteiger partial charge in [0.1, 0.15) is 17.1 Å². The fraction of sp³-hybridized carbons (Fsp3) is 0. The van der Waals surface area contributed by atoms with Crippen LogP contribution in [0.15, 0.2) is 46.4 Å². The van der Waals surface area contributed by atoms with Gasteiger partial charge in [0.25, 0.3) is 0 Å². The summed E-state index contributed by atoms with van der Waals surface area (Å²) >= 11 is 0. The molecular formula is C14H10N4O3. The lowest BCUT2D eigenvalue weighted by atomic mass is 10.2. The first-order chi connectivity index (χ1) is 10.2. The third-order valence-corrected chi connectivity index (χ3v) is 2.57. The Kier molecular flexibility index (Phi) is 4.11. The molecule has 0 aliphatic heterocycles. The van der Waals surface area contributed by atoms with E-state index >= 15 is 0 Å². The number of anilines is 2. The van der Waals surface area contributed by atoms with Crippen LogP contribution in [0.5, 0.6) is 11.5 Å². The van der Waals surface area contributed by atoms with Gasteiger partial charge in [-0.15, -0.1) is 0 Å². The Balaban J connectivity index is 2.52. The molecule has 0 saturated heterocycles. The summed E-state index contributed by atoms with van der Waals surface area (Å²) in [4.78, 5) is 27.9. The van der Waals surface area contributed by atoms with E-state index < -0.39 is 0 Å². The van der Waals surface area contributed by atoms with E-state index in [0.29, 0.717) is 11.4 Å². The van der Waals surface area contributed by atoms with Crippen molar-refractivity contribution < 1.29 is 14.3 Å². The van der Waals surface area contributed by atoms with Gasteiger partial charge in [-0.25, -0.2) is 9.59 Å². The summed E-state index contributed by atoms with van der Waals surface area (Å²) in [5.41, 5.74) is 12.0. The number of rotatable bonds is 4. The molecule has 0 unspecified atom stereocenters. The van der Waals surface area contributed by atoms with E-state index in [2.05, 4.69) is 9.98 Å². The van der Waals surface area contributed by atoms with Crippen LogP contribution in [0, 0.1) is 0 Å². The Hall–Kier alpha value is -3.40. The van der Waals surface area contributed by atoms with Gasteiger partial charge >= 0.3 is 0 Å². The third kappa shape index (κ3) is 3.13. The SMILES string of the molecule is Nc1ccc(Oc2ccc(N)c(N=C=O)c2N=C=O)cc1. The second-order valence-electron chi connectivity index (χ2n) is 3.93. The fourth-order valence-corrected chi connectivity index (χ4v) is 1.64. The normalized spacial score (nSPS) is 9.33. The van der Waals surface area contributed by atoms with Gasteiger partial charge in [0.15, 0.2) is 5.75 Å². The Morgan fingerprint density at radius 2 is 1.48 bits per heavy atom. The zero-order valence-electron chi connectivity index (χ0n) is 10.7. The van der Waals surface area contributed by atoms with Gasteiger partial charge in [0, 0.05) is 5.69 Å².